The standard InChI is InChI=1S/C11H20N3O11P3/c1-26(17,18)24-27(2,19)25-28(20,21)22-6-8-7(15)5-10(23-8)14-4-3-9(12)13-11(14)16/h3-4,7-8,10,15H,5-6H2,1-2H3,(H,17,18)(H,20,21)(H2,12,13,16)/t7-,8+,10+,27+/m0/s1. The molecule has 160 valence electrons. The number of rotatable bonds is 8. The normalized spacial score (nSPS) is 29.0. The third-order valence-corrected chi connectivity index (χ3v) is 8.21. The lowest BCUT2D eigenvalue weighted by molar-refractivity contribution is -0.0447. The van der Waals surface area contributed by atoms with Crippen molar-refractivity contribution >= 4 is 28.8 Å². The van der Waals surface area contributed by atoms with Gasteiger partial charge in [0.05, 0.1) is 12.7 Å². The van der Waals surface area contributed by atoms with Gasteiger partial charge < -0.3 is 25.4 Å². The number of nitrogens with zero attached hydrogens (tertiary/aromatic N) is 2. The molecule has 28 heavy (non-hydrogen) atoms. The van der Waals surface area contributed by atoms with Gasteiger partial charge in [0.25, 0.3) is 0 Å². The van der Waals surface area contributed by atoms with Crippen molar-refractivity contribution in [2.45, 2.75) is 24.9 Å². The Bertz CT molecular complexity index is 915. The van der Waals surface area contributed by atoms with Gasteiger partial charge >= 0.3 is 28.7 Å². The van der Waals surface area contributed by atoms with Crippen molar-refractivity contribution in [3.05, 3.63) is 22.7 Å². The average molecular weight is 463 g/mol. The number of ether oxygens (including phenoxy) is 1. The van der Waals surface area contributed by atoms with Crippen LogP contribution in [0.1, 0.15) is 12.6 Å². The number of aliphatic hydroxyl groups excluding tert-OH is 1. The van der Waals surface area contributed by atoms with E-state index in [-0.39, 0.29) is 12.2 Å². The highest BCUT2D eigenvalue weighted by atomic mass is 31.3. The summed E-state index contributed by atoms with van der Waals surface area (Å²) < 4.78 is 54.6. The number of nitrogen functional groups attached to an aromatic ring is 1. The number of hydrogen-bond donors (Lipinski definition) is 4. The lowest BCUT2D eigenvalue weighted by atomic mass is 10.2. The van der Waals surface area contributed by atoms with Gasteiger partial charge in [0.15, 0.2) is 0 Å². The van der Waals surface area contributed by atoms with Crippen molar-refractivity contribution in [3.63, 3.8) is 0 Å². The molecule has 17 heteroatoms. The SMILES string of the molecule is CP(=O)(O)O[P@@](C)(=O)OP(=O)(O)OC[C@H]1O[C@@H](n2ccc(N)nc2=O)C[C@@H]1O. The lowest BCUT2D eigenvalue weighted by Crippen LogP contribution is -2.28. The molecule has 1 aliphatic heterocycles. The van der Waals surface area contributed by atoms with Crippen LogP contribution < -0.4 is 11.4 Å². The van der Waals surface area contributed by atoms with Crippen molar-refractivity contribution in [2.24, 2.45) is 0 Å². The summed E-state index contributed by atoms with van der Waals surface area (Å²) in [4.78, 5) is 34.0. The van der Waals surface area contributed by atoms with Gasteiger partial charge in [-0.05, 0) is 6.07 Å². The quantitative estimate of drug-likeness (QED) is 0.382. The zero-order valence-electron chi connectivity index (χ0n) is 14.7. The average Bonchev–Trinajstić information content (AvgIpc) is 2.82. The Morgan fingerprint density at radius 2 is 1.96 bits per heavy atom. The molecule has 0 spiro atoms. The minimum Gasteiger partial charge on any atom is -0.390 e. The van der Waals surface area contributed by atoms with E-state index in [1.807, 2.05) is 0 Å². The first-order chi connectivity index (χ1) is 12.7. The van der Waals surface area contributed by atoms with E-state index >= 15 is 0 Å². The molecule has 2 rings (SSSR count). The van der Waals surface area contributed by atoms with E-state index in [4.69, 9.17) is 15.4 Å². The summed E-state index contributed by atoms with van der Waals surface area (Å²) in [7, 11) is -13.7. The largest absolute Gasteiger partial charge is 0.479 e. The Morgan fingerprint density at radius 1 is 1.32 bits per heavy atom. The maximum atomic E-state index is 11.9. The Kier molecular flexibility index (Phi) is 7.05. The molecular weight excluding hydrogens is 443 g/mol. The molecule has 0 saturated carbocycles. The molecular formula is C11H20N3O11P3. The molecule has 2 heterocycles. The molecule has 0 bridgehead atoms. The molecule has 0 aromatic carbocycles. The number of hydrogen-bond acceptors (Lipinski definition) is 11. The summed E-state index contributed by atoms with van der Waals surface area (Å²) in [5, 5.41) is 10.0. The van der Waals surface area contributed by atoms with E-state index in [0.717, 1.165) is 4.57 Å². The molecule has 0 radical (unpaired) electrons. The van der Waals surface area contributed by atoms with Crippen LogP contribution in [0.25, 0.3) is 0 Å². The third kappa shape index (κ3) is 6.85. The third-order valence-electron chi connectivity index (χ3n) is 3.32. The van der Waals surface area contributed by atoms with Crippen molar-refractivity contribution in [1.29, 1.82) is 0 Å². The van der Waals surface area contributed by atoms with E-state index < -0.39 is 53.7 Å². The minimum absolute atomic E-state index is 0.00349. The van der Waals surface area contributed by atoms with E-state index in [0.29, 0.717) is 13.3 Å². The number of nitrogens with two attached hydrogens (primary N) is 1. The van der Waals surface area contributed by atoms with Crippen LogP contribution in [0.3, 0.4) is 0 Å². The van der Waals surface area contributed by atoms with Crippen LogP contribution in [0.2, 0.25) is 0 Å². The van der Waals surface area contributed by atoms with Gasteiger partial charge in [-0.25, -0.2) is 18.0 Å². The van der Waals surface area contributed by atoms with E-state index in [2.05, 4.69) is 18.1 Å². The summed E-state index contributed by atoms with van der Waals surface area (Å²) in [6, 6.07) is 1.35. The minimum atomic E-state index is -5.00. The summed E-state index contributed by atoms with van der Waals surface area (Å²) in [6.45, 7) is 0.751. The summed E-state index contributed by atoms with van der Waals surface area (Å²) >= 11 is 0. The fourth-order valence-electron chi connectivity index (χ4n) is 2.35. The van der Waals surface area contributed by atoms with E-state index in [9.17, 15) is 28.5 Å². The second-order valence-corrected chi connectivity index (χ2v) is 11.6. The van der Waals surface area contributed by atoms with Gasteiger partial charge in [-0.2, -0.15) is 4.98 Å². The van der Waals surface area contributed by atoms with Crippen LogP contribution in [0.4, 0.5) is 5.82 Å². The summed E-state index contributed by atoms with van der Waals surface area (Å²) in [6.07, 6.45) is -1.97. The van der Waals surface area contributed by atoms with E-state index in [1.54, 1.807) is 0 Å². The summed E-state index contributed by atoms with van der Waals surface area (Å²) in [5.74, 6) is 0.00349. The molecule has 1 fully saturated rings. The maximum Gasteiger partial charge on any atom is 0.479 e. The van der Waals surface area contributed by atoms with E-state index in [1.165, 1.54) is 12.3 Å². The fraction of sp³-hybridized carbons (Fsp3) is 0.636. The molecule has 1 aromatic heterocycles. The zero-order valence-corrected chi connectivity index (χ0v) is 17.4. The van der Waals surface area contributed by atoms with Crippen LogP contribution in [-0.4, -0.2) is 56.6 Å². The van der Waals surface area contributed by atoms with Crippen molar-refractivity contribution in [2.75, 3.05) is 25.7 Å². The van der Waals surface area contributed by atoms with Gasteiger partial charge in [0.2, 0.25) is 0 Å². The predicted molar refractivity (Wildman–Crippen MR) is 94.7 cm³/mol. The number of phosphoric acid groups is 1. The summed E-state index contributed by atoms with van der Waals surface area (Å²) in [5.41, 5.74) is 4.68. The first kappa shape index (κ1) is 23.4. The van der Waals surface area contributed by atoms with Gasteiger partial charge in [0.1, 0.15) is 18.1 Å². The highest BCUT2D eigenvalue weighted by Crippen LogP contribution is 2.66. The molecule has 2 unspecified atom stereocenters. The Morgan fingerprint density at radius 3 is 2.54 bits per heavy atom. The molecule has 1 saturated heterocycles. The Balaban J connectivity index is 1.98. The molecule has 6 atom stereocenters. The highest BCUT2D eigenvalue weighted by molar-refractivity contribution is 7.70. The molecule has 1 aromatic rings. The van der Waals surface area contributed by atoms with Crippen LogP contribution in [0.15, 0.2) is 17.1 Å². The van der Waals surface area contributed by atoms with Gasteiger partial charge in [0, 0.05) is 25.9 Å². The topological polar surface area (TPSA) is 210 Å². The Hall–Kier alpha value is -0.910. The Labute approximate surface area is 158 Å². The van der Waals surface area contributed by atoms with Gasteiger partial charge in [-0.1, -0.05) is 0 Å². The fourth-order valence-corrected chi connectivity index (χ4v) is 6.96. The number of aliphatic hydroxyl groups is 1. The molecule has 5 N–H and O–H groups in total. The monoisotopic (exact) mass is 463 g/mol. The highest BCUT2D eigenvalue weighted by Gasteiger charge is 2.40. The smallest absolute Gasteiger partial charge is 0.390 e. The zero-order chi connectivity index (χ0) is 21.3. The molecule has 14 nitrogen and oxygen atoms in total. The molecule has 1 aliphatic rings. The van der Waals surface area contributed by atoms with Crippen molar-refractivity contribution < 1.29 is 46.5 Å². The molecule has 0 amide bonds. The molecule has 0 aliphatic carbocycles. The first-order valence-electron chi connectivity index (χ1n) is 7.63. The maximum absolute atomic E-state index is 11.9. The second-order valence-electron chi connectivity index (χ2n) is 5.98. The lowest BCUT2D eigenvalue weighted by Gasteiger charge is -2.20. The van der Waals surface area contributed by atoms with Crippen molar-refractivity contribution in [1.82, 2.24) is 9.55 Å². The van der Waals surface area contributed by atoms with Crippen LogP contribution in [0.5, 0.6) is 0 Å². The van der Waals surface area contributed by atoms with Crippen LogP contribution in [0, 0.1) is 0 Å². The van der Waals surface area contributed by atoms with Gasteiger partial charge in [-0.15, -0.1) is 0 Å². The number of aromatic nitrogens is 2. The second kappa shape index (κ2) is 8.45. The first-order valence-corrected chi connectivity index (χ1v) is 13.1. The number of phosphoric ester groups is 1. The van der Waals surface area contributed by atoms with Crippen LogP contribution in [-0.2, 0) is 31.6 Å². The predicted octanol–water partition coefficient (Wildman–Crippen LogP) is 0.262. The van der Waals surface area contributed by atoms with Crippen LogP contribution >= 0.6 is 23.0 Å². The van der Waals surface area contributed by atoms with Gasteiger partial charge in [-0.3, -0.25) is 18.2 Å². The number of anilines is 1. The van der Waals surface area contributed by atoms with Crippen molar-refractivity contribution in [3.8, 4) is 0 Å².